The van der Waals surface area contributed by atoms with Gasteiger partial charge >= 0.3 is 12.1 Å². The number of hydrogen-bond acceptors (Lipinski definition) is 4. The molecule has 1 rings (SSSR count). The molecular formula is C10H10F3NO4. The molecule has 1 aromatic rings. The van der Waals surface area contributed by atoms with Crippen molar-refractivity contribution in [1.29, 1.82) is 0 Å². The maximum absolute atomic E-state index is 11.8. The summed E-state index contributed by atoms with van der Waals surface area (Å²) in [4.78, 5) is 10.8. The van der Waals surface area contributed by atoms with E-state index >= 15 is 0 Å². The van der Waals surface area contributed by atoms with E-state index in [2.05, 4.69) is 4.74 Å². The van der Waals surface area contributed by atoms with E-state index in [0.29, 0.717) is 0 Å². The molecule has 0 aliphatic carbocycles. The Morgan fingerprint density at radius 2 is 2.06 bits per heavy atom. The van der Waals surface area contributed by atoms with Gasteiger partial charge in [-0.3, -0.25) is 0 Å². The van der Waals surface area contributed by atoms with Crippen molar-refractivity contribution in [2.24, 2.45) is 0 Å². The summed E-state index contributed by atoms with van der Waals surface area (Å²) in [6, 6.07) is 3.98. The number of halogens is 3. The maximum atomic E-state index is 11.8. The lowest BCUT2D eigenvalue weighted by Crippen LogP contribution is -2.19. The Bertz CT molecular complexity index is 434. The fourth-order valence-electron chi connectivity index (χ4n) is 1.14. The van der Waals surface area contributed by atoms with Crippen molar-refractivity contribution < 1.29 is 32.5 Å². The molecule has 0 aromatic heterocycles. The highest BCUT2D eigenvalue weighted by atomic mass is 19.4. The van der Waals surface area contributed by atoms with Crippen molar-refractivity contribution in [3.8, 4) is 5.75 Å². The number of ether oxygens (including phenoxy) is 2. The largest absolute Gasteiger partial charge is 0.478 e. The van der Waals surface area contributed by atoms with Crippen LogP contribution in [0.4, 0.5) is 18.9 Å². The van der Waals surface area contributed by atoms with E-state index in [9.17, 15) is 18.0 Å². The maximum Gasteiger partial charge on any atom is 0.411 e. The van der Waals surface area contributed by atoms with Crippen molar-refractivity contribution in [2.45, 2.75) is 6.18 Å². The van der Waals surface area contributed by atoms with E-state index in [1.165, 1.54) is 18.2 Å². The lowest BCUT2D eigenvalue weighted by Gasteiger charge is -2.12. The fourth-order valence-corrected chi connectivity index (χ4v) is 1.14. The zero-order valence-electron chi connectivity index (χ0n) is 9.03. The molecule has 0 aliphatic rings. The number of carbonyl (C=O) groups is 1. The quantitative estimate of drug-likeness (QED) is 0.482. The molecule has 0 heterocycles. The summed E-state index contributed by atoms with van der Waals surface area (Å²) in [5, 5.41) is 8.82. The molecule has 0 fully saturated rings. The number of aromatic carboxylic acids is 1. The molecule has 0 saturated carbocycles. The van der Waals surface area contributed by atoms with Crippen LogP contribution in [0.25, 0.3) is 0 Å². The van der Waals surface area contributed by atoms with E-state index in [4.69, 9.17) is 15.6 Å². The number of hydrogen-bond donors (Lipinski definition) is 2. The Hall–Kier alpha value is -1.96. The summed E-state index contributed by atoms with van der Waals surface area (Å²) in [7, 11) is 0. The van der Waals surface area contributed by atoms with E-state index < -0.39 is 25.5 Å². The minimum absolute atomic E-state index is 0.00510. The molecule has 0 spiro atoms. The van der Waals surface area contributed by atoms with Crippen molar-refractivity contribution in [3.63, 3.8) is 0 Å². The van der Waals surface area contributed by atoms with Gasteiger partial charge < -0.3 is 20.3 Å². The summed E-state index contributed by atoms with van der Waals surface area (Å²) in [6.45, 7) is -2.23. The van der Waals surface area contributed by atoms with Gasteiger partial charge in [0.2, 0.25) is 0 Å². The standard InChI is InChI=1S/C10H10F3NO4/c11-10(12,13)4-17-5-18-8-6(9(15)16)2-1-3-7(8)14/h1-3H,4-5,14H2,(H,15,16). The van der Waals surface area contributed by atoms with Crippen LogP contribution in [-0.2, 0) is 4.74 Å². The SMILES string of the molecule is Nc1cccc(C(=O)O)c1OCOCC(F)(F)F. The monoisotopic (exact) mass is 265 g/mol. The number of alkyl halides is 3. The first-order valence-corrected chi connectivity index (χ1v) is 4.70. The van der Waals surface area contributed by atoms with Gasteiger partial charge in [-0.2, -0.15) is 13.2 Å². The zero-order valence-corrected chi connectivity index (χ0v) is 9.03. The molecule has 8 heteroatoms. The first kappa shape index (κ1) is 14.1. The van der Waals surface area contributed by atoms with Crippen LogP contribution in [0.2, 0.25) is 0 Å². The van der Waals surface area contributed by atoms with E-state index in [1.54, 1.807) is 0 Å². The van der Waals surface area contributed by atoms with Crippen LogP contribution in [0.3, 0.4) is 0 Å². The van der Waals surface area contributed by atoms with Crippen LogP contribution in [-0.4, -0.2) is 30.7 Å². The smallest absolute Gasteiger partial charge is 0.411 e. The molecule has 0 amide bonds. The summed E-state index contributed by atoms with van der Waals surface area (Å²) >= 11 is 0. The van der Waals surface area contributed by atoms with Gasteiger partial charge in [-0.25, -0.2) is 4.79 Å². The Labute approximate surface area is 99.9 Å². The molecule has 0 unspecified atom stereocenters. The van der Waals surface area contributed by atoms with Gasteiger partial charge in [-0.1, -0.05) is 6.07 Å². The van der Waals surface area contributed by atoms with Crippen LogP contribution >= 0.6 is 0 Å². The highest BCUT2D eigenvalue weighted by Gasteiger charge is 2.27. The number of carboxylic acids is 1. The molecule has 0 atom stereocenters. The minimum Gasteiger partial charge on any atom is -0.478 e. The van der Waals surface area contributed by atoms with Gasteiger partial charge in [0.05, 0.1) is 5.69 Å². The van der Waals surface area contributed by atoms with Gasteiger partial charge in [-0.05, 0) is 12.1 Å². The van der Waals surface area contributed by atoms with Gasteiger partial charge in [0.15, 0.2) is 12.5 Å². The van der Waals surface area contributed by atoms with Crippen molar-refractivity contribution in [3.05, 3.63) is 23.8 Å². The highest BCUT2D eigenvalue weighted by Crippen LogP contribution is 2.26. The molecule has 0 saturated heterocycles. The Morgan fingerprint density at radius 3 is 2.61 bits per heavy atom. The lowest BCUT2D eigenvalue weighted by atomic mass is 10.2. The lowest BCUT2D eigenvalue weighted by molar-refractivity contribution is -0.186. The summed E-state index contributed by atoms with van der Waals surface area (Å²) in [5.41, 5.74) is 5.22. The Kier molecular flexibility index (Phi) is 4.38. The van der Waals surface area contributed by atoms with Crippen molar-refractivity contribution in [2.75, 3.05) is 19.1 Å². The van der Waals surface area contributed by atoms with Gasteiger partial charge in [0, 0.05) is 0 Å². The summed E-state index contributed by atoms with van der Waals surface area (Å²) < 4.78 is 44.3. The number of carboxylic acid groups (broad SMARTS) is 1. The molecule has 0 bridgehead atoms. The molecule has 1 aromatic carbocycles. The average molecular weight is 265 g/mol. The van der Waals surface area contributed by atoms with Crippen LogP contribution in [0, 0.1) is 0 Å². The Balaban J connectivity index is 2.64. The predicted octanol–water partition coefficient (Wildman–Crippen LogP) is 1.88. The first-order chi connectivity index (χ1) is 8.31. The second kappa shape index (κ2) is 5.58. The molecule has 100 valence electrons. The third-order valence-corrected chi connectivity index (χ3v) is 1.83. The van der Waals surface area contributed by atoms with Crippen molar-refractivity contribution in [1.82, 2.24) is 0 Å². The number of nitrogens with two attached hydrogens (primary N) is 1. The van der Waals surface area contributed by atoms with Crippen LogP contribution in [0.15, 0.2) is 18.2 Å². The Morgan fingerprint density at radius 1 is 1.39 bits per heavy atom. The van der Waals surface area contributed by atoms with Crippen LogP contribution in [0.5, 0.6) is 5.75 Å². The normalized spacial score (nSPS) is 11.3. The van der Waals surface area contributed by atoms with Crippen LogP contribution < -0.4 is 10.5 Å². The van der Waals surface area contributed by atoms with Gasteiger partial charge in [-0.15, -0.1) is 0 Å². The third kappa shape index (κ3) is 4.13. The number of nitrogen functional groups attached to an aromatic ring is 1. The van der Waals surface area contributed by atoms with E-state index in [-0.39, 0.29) is 17.0 Å². The minimum atomic E-state index is -4.47. The molecule has 0 aliphatic heterocycles. The third-order valence-electron chi connectivity index (χ3n) is 1.83. The summed E-state index contributed by atoms with van der Waals surface area (Å²) in [5.74, 6) is -1.51. The second-order valence-corrected chi connectivity index (χ2v) is 3.25. The highest BCUT2D eigenvalue weighted by molar-refractivity contribution is 5.93. The van der Waals surface area contributed by atoms with Gasteiger partial charge in [0.25, 0.3) is 0 Å². The van der Waals surface area contributed by atoms with Crippen LogP contribution in [0.1, 0.15) is 10.4 Å². The fraction of sp³-hybridized carbons (Fsp3) is 0.300. The number of para-hydroxylation sites is 1. The average Bonchev–Trinajstić information content (AvgIpc) is 2.24. The molecule has 0 radical (unpaired) electrons. The van der Waals surface area contributed by atoms with E-state index in [1.807, 2.05) is 0 Å². The number of anilines is 1. The molecular weight excluding hydrogens is 255 g/mol. The molecule has 5 nitrogen and oxygen atoms in total. The molecule has 3 N–H and O–H groups in total. The van der Waals surface area contributed by atoms with E-state index in [0.717, 1.165) is 0 Å². The topological polar surface area (TPSA) is 81.8 Å². The second-order valence-electron chi connectivity index (χ2n) is 3.25. The van der Waals surface area contributed by atoms with Crippen molar-refractivity contribution >= 4 is 11.7 Å². The molecule has 18 heavy (non-hydrogen) atoms. The van der Waals surface area contributed by atoms with Gasteiger partial charge in [0.1, 0.15) is 12.2 Å². The predicted molar refractivity (Wildman–Crippen MR) is 55.3 cm³/mol. The summed E-state index contributed by atoms with van der Waals surface area (Å²) in [6.07, 6.45) is -4.47. The zero-order chi connectivity index (χ0) is 13.8. The first-order valence-electron chi connectivity index (χ1n) is 4.70. The number of rotatable bonds is 5. The number of benzene rings is 1.